The van der Waals surface area contributed by atoms with Gasteiger partial charge in [0, 0.05) is 25.9 Å². The van der Waals surface area contributed by atoms with Crippen LogP contribution in [-0.2, 0) is 14.4 Å². The summed E-state index contributed by atoms with van der Waals surface area (Å²) in [4.78, 5) is 34.8. The largest absolute Gasteiger partial charge is 0.370 e. The maximum Gasteiger partial charge on any atom is 0.242 e. The van der Waals surface area contributed by atoms with Crippen LogP contribution < -0.4 is 16.8 Å². The minimum atomic E-state index is -0.548. The number of hydrogen-bond acceptors (Lipinski definition) is 5. The summed E-state index contributed by atoms with van der Waals surface area (Å²) >= 11 is 0. The predicted octanol–water partition coefficient (Wildman–Crippen LogP) is 1.62. The smallest absolute Gasteiger partial charge is 0.242 e. The highest BCUT2D eigenvalue weighted by molar-refractivity contribution is 5.93. The van der Waals surface area contributed by atoms with Gasteiger partial charge in [0.25, 0.3) is 0 Å². The Morgan fingerprint density at radius 3 is 2.19 bits per heavy atom. The first-order valence-electron chi connectivity index (χ1n) is 10.6. The molecule has 1 aromatic carbocycles. The molecule has 31 heavy (non-hydrogen) atoms. The molecule has 1 spiro atoms. The molecule has 2 saturated heterocycles. The highest BCUT2D eigenvalue weighted by Crippen LogP contribution is 2.55. The van der Waals surface area contributed by atoms with E-state index in [2.05, 4.69) is 42.3 Å². The standard InChI is InChI=1S/C18H23N3O.C5H10N2O2/c1-13(2)9-21-15(14-7-5-4-6-8-14)17(3,11-19)10-18(21)12-20-16(18)22;6-4(8)2-1-3-5(7)9/h4-8,13,15H,9-10,12H2,1-3H3,(H,20,22);1-3H2,(H2,6,8)(H2,7,9). The van der Waals surface area contributed by atoms with Gasteiger partial charge < -0.3 is 16.8 Å². The molecule has 2 aliphatic heterocycles. The van der Waals surface area contributed by atoms with Crippen LogP contribution in [0.15, 0.2) is 30.3 Å². The first-order chi connectivity index (χ1) is 14.6. The average molecular weight is 428 g/mol. The van der Waals surface area contributed by atoms with E-state index in [1.807, 2.05) is 25.1 Å². The minimum absolute atomic E-state index is 0.0350. The van der Waals surface area contributed by atoms with Gasteiger partial charge in [-0.2, -0.15) is 5.26 Å². The van der Waals surface area contributed by atoms with Crippen molar-refractivity contribution in [2.75, 3.05) is 13.1 Å². The van der Waals surface area contributed by atoms with Crippen molar-refractivity contribution in [3.63, 3.8) is 0 Å². The van der Waals surface area contributed by atoms with Gasteiger partial charge in [-0.15, -0.1) is 0 Å². The zero-order valence-corrected chi connectivity index (χ0v) is 18.6. The summed E-state index contributed by atoms with van der Waals surface area (Å²) in [5.74, 6) is -0.266. The number of nitrogens with zero attached hydrogens (tertiary/aromatic N) is 2. The summed E-state index contributed by atoms with van der Waals surface area (Å²) in [6, 6.07) is 12.6. The van der Waals surface area contributed by atoms with Crippen molar-refractivity contribution in [3.8, 4) is 6.07 Å². The Balaban J connectivity index is 0.000000323. The Hall–Kier alpha value is -2.92. The van der Waals surface area contributed by atoms with E-state index in [1.165, 1.54) is 0 Å². The Morgan fingerprint density at radius 2 is 1.81 bits per heavy atom. The van der Waals surface area contributed by atoms with Crippen LogP contribution in [0.4, 0.5) is 0 Å². The molecule has 2 aliphatic rings. The first kappa shape index (κ1) is 24.4. The molecule has 1 aromatic rings. The third kappa shape index (κ3) is 5.42. The Morgan fingerprint density at radius 1 is 1.23 bits per heavy atom. The van der Waals surface area contributed by atoms with Gasteiger partial charge >= 0.3 is 0 Å². The fourth-order valence-electron chi connectivity index (χ4n) is 4.53. The average Bonchev–Trinajstić information content (AvgIpc) is 2.98. The number of hydrogen-bond donors (Lipinski definition) is 3. The maximum absolute atomic E-state index is 12.4. The van der Waals surface area contributed by atoms with E-state index in [9.17, 15) is 19.6 Å². The molecule has 0 saturated carbocycles. The SMILES string of the molecule is CC(C)CN1C(c2ccccc2)C(C)(C#N)CC12CNC2=O.NC(=O)CCCC(N)=O. The second-order valence-corrected chi connectivity index (χ2v) is 9.07. The number of benzene rings is 1. The number of nitriles is 1. The van der Waals surface area contributed by atoms with Crippen molar-refractivity contribution in [2.24, 2.45) is 22.8 Å². The van der Waals surface area contributed by atoms with Crippen molar-refractivity contribution in [1.29, 1.82) is 5.26 Å². The number of primary amides is 2. The molecule has 8 heteroatoms. The molecule has 0 aromatic heterocycles. The van der Waals surface area contributed by atoms with Gasteiger partial charge in [0.05, 0.1) is 17.5 Å². The van der Waals surface area contributed by atoms with Crippen molar-refractivity contribution in [1.82, 2.24) is 10.2 Å². The number of carbonyl (C=O) groups excluding carboxylic acids is 3. The van der Waals surface area contributed by atoms with E-state index in [-0.39, 0.29) is 24.8 Å². The highest BCUT2D eigenvalue weighted by Gasteiger charge is 2.65. The number of carbonyl (C=O) groups is 3. The summed E-state index contributed by atoms with van der Waals surface area (Å²) in [5.41, 5.74) is 9.65. The molecule has 3 amide bonds. The Kier molecular flexibility index (Phi) is 7.80. The molecule has 2 fully saturated rings. The number of nitrogens with two attached hydrogens (primary N) is 2. The van der Waals surface area contributed by atoms with Crippen LogP contribution in [0.2, 0.25) is 0 Å². The van der Waals surface area contributed by atoms with Gasteiger partial charge in [0.15, 0.2) is 0 Å². The number of β-lactam (4-membered cyclic amide) rings is 1. The lowest BCUT2D eigenvalue weighted by Crippen LogP contribution is -2.71. The minimum Gasteiger partial charge on any atom is -0.370 e. The number of nitrogens with one attached hydrogen (secondary N) is 1. The first-order valence-corrected chi connectivity index (χ1v) is 10.6. The third-order valence-electron chi connectivity index (χ3n) is 5.87. The van der Waals surface area contributed by atoms with Crippen LogP contribution in [0, 0.1) is 22.7 Å². The number of amides is 3. The lowest BCUT2D eigenvalue weighted by atomic mass is 9.75. The third-order valence-corrected chi connectivity index (χ3v) is 5.87. The van der Waals surface area contributed by atoms with Gasteiger partial charge in [0.1, 0.15) is 5.54 Å². The monoisotopic (exact) mass is 427 g/mol. The van der Waals surface area contributed by atoms with Crippen LogP contribution >= 0.6 is 0 Å². The van der Waals surface area contributed by atoms with E-state index in [0.29, 0.717) is 25.3 Å². The summed E-state index contributed by atoms with van der Waals surface area (Å²) in [6.45, 7) is 7.80. The molecule has 0 radical (unpaired) electrons. The molecule has 0 aliphatic carbocycles. The lowest BCUT2D eigenvalue weighted by molar-refractivity contribution is -0.142. The Labute approximate surface area is 183 Å². The zero-order valence-electron chi connectivity index (χ0n) is 18.6. The van der Waals surface area contributed by atoms with E-state index in [0.717, 1.165) is 12.1 Å². The lowest BCUT2D eigenvalue weighted by Gasteiger charge is -2.46. The van der Waals surface area contributed by atoms with Crippen LogP contribution in [0.5, 0.6) is 0 Å². The van der Waals surface area contributed by atoms with Crippen LogP contribution in [0.25, 0.3) is 0 Å². The summed E-state index contributed by atoms with van der Waals surface area (Å²) in [7, 11) is 0. The molecule has 3 atom stereocenters. The van der Waals surface area contributed by atoms with Gasteiger partial charge in [0.2, 0.25) is 17.7 Å². The normalized spacial score (nSPS) is 27.1. The van der Waals surface area contributed by atoms with Crippen LogP contribution in [0.3, 0.4) is 0 Å². The molecule has 2 heterocycles. The van der Waals surface area contributed by atoms with Crippen LogP contribution in [0.1, 0.15) is 58.1 Å². The molecule has 168 valence electrons. The second kappa shape index (κ2) is 9.92. The zero-order chi connectivity index (χ0) is 23.2. The predicted molar refractivity (Wildman–Crippen MR) is 117 cm³/mol. The van der Waals surface area contributed by atoms with Crippen molar-refractivity contribution < 1.29 is 14.4 Å². The fourth-order valence-corrected chi connectivity index (χ4v) is 4.53. The molecule has 3 unspecified atom stereocenters. The quantitative estimate of drug-likeness (QED) is 0.567. The summed E-state index contributed by atoms with van der Waals surface area (Å²) in [5, 5.41) is 12.7. The summed E-state index contributed by atoms with van der Waals surface area (Å²) in [6.07, 6.45) is 1.55. The van der Waals surface area contributed by atoms with Crippen molar-refractivity contribution >= 4 is 17.7 Å². The van der Waals surface area contributed by atoms with Gasteiger partial charge in [-0.1, -0.05) is 44.2 Å². The second-order valence-electron chi connectivity index (χ2n) is 9.07. The molecule has 5 N–H and O–H groups in total. The molecule has 3 rings (SSSR count). The molecule has 8 nitrogen and oxygen atoms in total. The molecule has 0 bridgehead atoms. The van der Waals surface area contributed by atoms with E-state index >= 15 is 0 Å². The van der Waals surface area contributed by atoms with Gasteiger partial charge in [-0.05, 0) is 31.2 Å². The van der Waals surface area contributed by atoms with Gasteiger partial charge in [-0.25, -0.2) is 0 Å². The highest BCUT2D eigenvalue weighted by atomic mass is 16.2. The topological polar surface area (TPSA) is 142 Å². The fraction of sp³-hybridized carbons (Fsp3) is 0.565. The molecular weight excluding hydrogens is 394 g/mol. The van der Waals surface area contributed by atoms with Gasteiger partial charge in [-0.3, -0.25) is 19.3 Å². The van der Waals surface area contributed by atoms with Crippen molar-refractivity contribution in [2.45, 2.75) is 58.0 Å². The van der Waals surface area contributed by atoms with Crippen LogP contribution in [-0.4, -0.2) is 41.2 Å². The number of likely N-dealkylation sites (tertiary alicyclic amines) is 1. The van der Waals surface area contributed by atoms with E-state index < -0.39 is 22.8 Å². The Bertz CT molecular complexity index is 837. The maximum atomic E-state index is 12.4. The van der Waals surface area contributed by atoms with Crippen molar-refractivity contribution in [3.05, 3.63) is 35.9 Å². The number of rotatable bonds is 7. The van der Waals surface area contributed by atoms with E-state index in [1.54, 1.807) is 0 Å². The molecular formula is C23H33N5O3. The van der Waals surface area contributed by atoms with E-state index in [4.69, 9.17) is 11.5 Å². The summed E-state index contributed by atoms with van der Waals surface area (Å²) < 4.78 is 0.